The summed E-state index contributed by atoms with van der Waals surface area (Å²) < 4.78 is 5.21. The molecule has 3 aromatic rings. The Morgan fingerprint density at radius 2 is 1.84 bits per heavy atom. The van der Waals surface area contributed by atoms with E-state index in [1.807, 2.05) is 42.6 Å². The molecule has 32 heavy (non-hydrogen) atoms. The van der Waals surface area contributed by atoms with E-state index in [1.165, 1.54) is 0 Å². The van der Waals surface area contributed by atoms with Crippen LogP contribution in [0, 0.1) is 5.92 Å². The van der Waals surface area contributed by atoms with Crippen molar-refractivity contribution >= 4 is 22.7 Å². The van der Waals surface area contributed by atoms with E-state index in [9.17, 15) is 15.3 Å². The molecule has 10 heteroatoms. The van der Waals surface area contributed by atoms with Crippen LogP contribution in [-0.4, -0.2) is 69.4 Å². The van der Waals surface area contributed by atoms with Gasteiger partial charge >= 0.3 is 5.95 Å². The maximum Gasteiger partial charge on any atom is 0.391 e. The predicted octanol–water partition coefficient (Wildman–Crippen LogP) is -2.56. The first-order chi connectivity index (χ1) is 15.1. The number of hydrogen-bond acceptors (Lipinski definition) is 8. The normalized spacial score (nSPS) is 25.2. The van der Waals surface area contributed by atoms with Crippen LogP contribution in [0.2, 0.25) is 0 Å². The third kappa shape index (κ3) is 4.35. The van der Waals surface area contributed by atoms with Gasteiger partial charge in [-0.05, 0) is 18.6 Å². The van der Waals surface area contributed by atoms with Gasteiger partial charge in [-0.1, -0.05) is 29.2 Å². The monoisotopic (exact) mass is 459 g/mol. The maximum atomic E-state index is 10.5. The van der Waals surface area contributed by atoms with E-state index >= 15 is 0 Å². The topological polar surface area (TPSA) is 134 Å². The molecule has 3 heterocycles. The predicted molar refractivity (Wildman–Crippen MR) is 114 cm³/mol. The van der Waals surface area contributed by atoms with Crippen molar-refractivity contribution in [2.24, 2.45) is 5.92 Å². The lowest BCUT2D eigenvalue weighted by Gasteiger charge is -2.23. The van der Waals surface area contributed by atoms with Crippen LogP contribution < -0.4 is 28.0 Å². The van der Waals surface area contributed by atoms with E-state index in [4.69, 9.17) is 14.7 Å². The molecule has 0 amide bonds. The number of aromatic nitrogens is 3. The van der Waals surface area contributed by atoms with Gasteiger partial charge in [-0.2, -0.15) is 0 Å². The Hall–Kier alpha value is -2.56. The molecule has 1 saturated carbocycles. The van der Waals surface area contributed by atoms with Crippen LogP contribution in [0.1, 0.15) is 6.42 Å². The van der Waals surface area contributed by atoms with E-state index in [0.717, 1.165) is 22.2 Å². The largest absolute Gasteiger partial charge is 1.00 e. The number of aliphatic hydroxyl groups excluding tert-OH is 3. The number of benzene rings is 1. The summed E-state index contributed by atoms with van der Waals surface area (Å²) >= 11 is 0. The summed E-state index contributed by atoms with van der Waals surface area (Å²) in [4.78, 5) is 12.6. The van der Waals surface area contributed by atoms with Gasteiger partial charge in [0.1, 0.15) is 12.1 Å². The number of hydrogen-bond donors (Lipinski definition) is 5. The Morgan fingerprint density at radius 1 is 1.03 bits per heavy atom. The summed E-state index contributed by atoms with van der Waals surface area (Å²) in [7, 11) is 0. The van der Waals surface area contributed by atoms with E-state index in [1.54, 1.807) is 0 Å². The fourth-order valence-electron chi connectivity index (χ4n) is 4.15. The standard InChI is InChI=1S/C22H25N5O4.ClH/c28-9-13-7-18(20(30)19(13)29)26-21-15(8-23-22(27-21)24-14-10-31-11-14)17-6-5-12-3-1-2-4-16(12)25-17;/h1-6,8,13-14,18-20,28-30H,7,9-11H2,(H2,23,24,26,27);1H/t13-,18?,19-,20+;/m1./s1. The summed E-state index contributed by atoms with van der Waals surface area (Å²) in [5.74, 6) is 0.737. The second kappa shape index (κ2) is 9.51. The number of anilines is 2. The van der Waals surface area contributed by atoms with Crippen molar-refractivity contribution in [3.8, 4) is 11.3 Å². The smallest absolute Gasteiger partial charge is 0.391 e. The summed E-state index contributed by atoms with van der Waals surface area (Å²) in [6.07, 6.45) is 0.278. The highest BCUT2D eigenvalue weighted by atomic mass is 35.5. The summed E-state index contributed by atoms with van der Waals surface area (Å²) in [5, 5.41) is 37.8. The second-order valence-electron chi connectivity index (χ2n) is 8.19. The molecule has 170 valence electrons. The maximum absolute atomic E-state index is 10.5. The Kier molecular flexibility index (Phi) is 6.73. The highest BCUT2D eigenvalue weighted by Gasteiger charge is 2.42. The molecule has 1 aromatic carbocycles. The zero-order valence-corrected chi connectivity index (χ0v) is 18.0. The molecule has 0 spiro atoms. The number of rotatable bonds is 6. The molecule has 1 aliphatic carbocycles. The van der Waals surface area contributed by atoms with Gasteiger partial charge in [-0.25, -0.2) is 9.97 Å². The number of ether oxygens (including phenoxy) is 1. The Balaban J connectivity index is 0.00000245. The zero-order chi connectivity index (χ0) is 21.4. The number of nitrogens with zero attached hydrogens (tertiary/aromatic N) is 2. The molecule has 9 nitrogen and oxygen atoms in total. The van der Waals surface area contributed by atoms with Gasteiger partial charge in [-0.15, -0.1) is 0 Å². The van der Waals surface area contributed by atoms with E-state index in [2.05, 4.69) is 15.6 Å². The molecule has 2 aromatic heterocycles. The van der Waals surface area contributed by atoms with Gasteiger partial charge < -0.3 is 37.8 Å². The van der Waals surface area contributed by atoms with Gasteiger partial charge in [-0.3, -0.25) is 5.32 Å². The molecule has 4 atom stereocenters. The fourth-order valence-corrected chi connectivity index (χ4v) is 4.15. The van der Waals surface area contributed by atoms with Crippen molar-refractivity contribution in [1.82, 2.24) is 9.97 Å². The molecule has 6 N–H and O–H groups in total. The van der Waals surface area contributed by atoms with Crippen molar-refractivity contribution in [1.29, 1.82) is 0 Å². The van der Waals surface area contributed by atoms with Gasteiger partial charge in [0, 0.05) is 17.9 Å². The molecule has 1 aliphatic heterocycles. The van der Waals surface area contributed by atoms with Gasteiger partial charge in [0.25, 0.3) is 0 Å². The minimum atomic E-state index is -1.00. The van der Waals surface area contributed by atoms with E-state index < -0.39 is 18.2 Å². The number of nitrogens with one attached hydrogen (secondary N) is 3. The molecule has 0 radical (unpaired) electrons. The summed E-state index contributed by atoms with van der Waals surface area (Å²) in [6.45, 7) is 1.07. The van der Waals surface area contributed by atoms with Crippen LogP contribution in [0.5, 0.6) is 0 Å². The third-order valence-corrected chi connectivity index (χ3v) is 6.04. The highest BCUT2D eigenvalue weighted by Crippen LogP contribution is 2.32. The van der Waals surface area contributed by atoms with Crippen molar-refractivity contribution in [2.45, 2.75) is 30.7 Å². The first-order valence-electron chi connectivity index (χ1n) is 10.5. The quantitative estimate of drug-likeness (QED) is 0.272. The van der Waals surface area contributed by atoms with Crippen LogP contribution in [0.4, 0.5) is 11.8 Å². The molecular formula is C22H26ClN5O4. The number of aromatic amines is 1. The van der Waals surface area contributed by atoms with Gasteiger partial charge in [0.05, 0.1) is 48.3 Å². The first kappa shape index (κ1) is 22.6. The average molecular weight is 460 g/mol. The molecule has 5 rings (SSSR count). The van der Waals surface area contributed by atoms with Gasteiger partial charge in [0.15, 0.2) is 0 Å². The van der Waals surface area contributed by atoms with E-state index in [0.29, 0.717) is 31.4 Å². The number of fused-ring (bicyclic) bond motifs is 1. The van der Waals surface area contributed by atoms with Crippen LogP contribution in [0.3, 0.4) is 0 Å². The molecule has 2 aliphatic rings. The number of halogens is 1. The Labute approximate surface area is 191 Å². The van der Waals surface area contributed by atoms with Crippen LogP contribution in [0.15, 0.2) is 42.6 Å². The number of aliphatic hydroxyl groups is 3. The van der Waals surface area contributed by atoms with Gasteiger partial charge in [0.2, 0.25) is 5.82 Å². The van der Waals surface area contributed by atoms with Crippen molar-refractivity contribution in [3.05, 3.63) is 42.6 Å². The minimum Gasteiger partial charge on any atom is -1.00 e. The zero-order valence-electron chi connectivity index (χ0n) is 17.3. The Morgan fingerprint density at radius 3 is 2.56 bits per heavy atom. The van der Waals surface area contributed by atoms with Crippen LogP contribution >= 0.6 is 0 Å². The fraction of sp³-hybridized carbons (Fsp3) is 0.409. The Bertz CT molecular complexity index is 1080. The summed E-state index contributed by atoms with van der Waals surface area (Å²) in [6, 6.07) is 11.6. The lowest BCUT2D eigenvalue weighted by molar-refractivity contribution is -0.364. The van der Waals surface area contributed by atoms with Crippen LogP contribution in [-0.2, 0) is 4.74 Å². The average Bonchev–Trinajstić information content (AvgIpc) is 3.04. The molecular weight excluding hydrogens is 434 g/mol. The van der Waals surface area contributed by atoms with Crippen molar-refractivity contribution < 1.29 is 37.4 Å². The lowest BCUT2D eigenvalue weighted by atomic mass is 10.1. The van der Waals surface area contributed by atoms with Crippen molar-refractivity contribution in [2.75, 3.05) is 30.5 Å². The lowest BCUT2D eigenvalue weighted by Crippen LogP contribution is -3.00. The SMILES string of the molecule is OC[C@H]1CC(Nc2nc(NC3COC3)[nH+]cc2-c2ccc3ccccc3n2)[C@H](O)[C@@H]1O.[Cl-]. The van der Waals surface area contributed by atoms with Crippen LogP contribution in [0.25, 0.3) is 22.2 Å². The first-order valence-corrected chi connectivity index (χ1v) is 10.5. The van der Waals surface area contributed by atoms with Crippen molar-refractivity contribution in [3.63, 3.8) is 0 Å². The molecule has 2 fully saturated rings. The number of pyridine rings is 1. The third-order valence-electron chi connectivity index (χ3n) is 6.04. The second-order valence-corrected chi connectivity index (χ2v) is 8.19. The molecule has 1 saturated heterocycles. The molecule has 1 unspecified atom stereocenters. The highest BCUT2D eigenvalue weighted by molar-refractivity contribution is 5.83. The number of para-hydroxylation sites is 1. The number of H-pyrrole nitrogens is 1. The summed E-state index contributed by atoms with van der Waals surface area (Å²) in [5.41, 5.74) is 2.35. The minimum absolute atomic E-state index is 0. The molecule has 0 bridgehead atoms. The van der Waals surface area contributed by atoms with E-state index in [-0.39, 0.29) is 31.0 Å².